The molecule has 2 rings (SSSR count). The van der Waals surface area contributed by atoms with E-state index in [0.717, 1.165) is 17.0 Å². The summed E-state index contributed by atoms with van der Waals surface area (Å²) in [6.07, 6.45) is 0. The Hall–Kier alpha value is -1.61. The topological polar surface area (TPSA) is 51.1 Å². The molecule has 1 aliphatic heterocycles. The molecule has 0 spiro atoms. The Balaban J connectivity index is 2.62. The standard InChI is InChI=1S/C21H36N2O3Si2/c1-20(2,3)27(8,9)23-17-14-15(26-28(10,11)21(4,5)6)12-13-16(17)18(19(23)24)22-25-7/h12-14H,1-11H3/b22-18-. The summed E-state index contributed by atoms with van der Waals surface area (Å²) in [5, 5.41) is 4.15. The third-order valence-electron chi connectivity index (χ3n) is 6.63. The van der Waals surface area contributed by atoms with Gasteiger partial charge in [-0.1, -0.05) is 59.8 Å². The maximum atomic E-state index is 13.3. The van der Waals surface area contributed by atoms with Crippen LogP contribution in [0.4, 0.5) is 5.69 Å². The highest BCUT2D eigenvalue weighted by atomic mass is 28.4. The van der Waals surface area contributed by atoms with Gasteiger partial charge in [-0.2, -0.15) is 0 Å². The second-order valence-corrected chi connectivity index (χ2v) is 20.4. The van der Waals surface area contributed by atoms with Gasteiger partial charge in [0.15, 0.2) is 13.9 Å². The molecule has 1 amide bonds. The van der Waals surface area contributed by atoms with Crippen molar-refractivity contribution in [2.75, 3.05) is 11.7 Å². The van der Waals surface area contributed by atoms with Crippen LogP contribution in [0.15, 0.2) is 23.4 Å². The fourth-order valence-electron chi connectivity index (χ4n) is 2.81. The van der Waals surface area contributed by atoms with Gasteiger partial charge in [-0.15, -0.1) is 0 Å². The van der Waals surface area contributed by atoms with E-state index in [4.69, 9.17) is 9.26 Å². The quantitative estimate of drug-likeness (QED) is 0.459. The molecule has 7 heteroatoms. The zero-order valence-corrected chi connectivity index (χ0v) is 21.4. The predicted molar refractivity (Wildman–Crippen MR) is 122 cm³/mol. The van der Waals surface area contributed by atoms with E-state index >= 15 is 0 Å². The normalized spacial score (nSPS) is 17.2. The third kappa shape index (κ3) is 3.78. The summed E-state index contributed by atoms with van der Waals surface area (Å²) in [6, 6.07) is 5.92. The van der Waals surface area contributed by atoms with Crippen molar-refractivity contribution in [1.82, 2.24) is 0 Å². The van der Waals surface area contributed by atoms with Crippen LogP contribution in [-0.4, -0.2) is 35.3 Å². The molecule has 0 bridgehead atoms. The predicted octanol–water partition coefficient (Wildman–Crippen LogP) is 5.77. The summed E-state index contributed by atoms with van der Waals surface area (Å²) >= 11 is 0. The van der Waals surface area contributed by atoms with Crippen molar-refractivity contribution in [2.45, 2.75) is 77.8 Å². The number of nitrogens with zero attached hydrogens (tertiary/aromatic N) is 2. The minimum atomic E-state index is -2.17. The smallest absolute Gasteiger partial charge is 0.273 e. The number of carbonyl (C=O) groups excluding carboxylic acids is 1. The van der Waals surface area contributed by atoms with Crippen molar-refractivity contribution in [3.8, 4) is 5.75 Å². The Morgan fingerprint density at radius 1 is 0.964 bits per heavy atom. The van der Waals surface area contributed by atoms with Gasteiger partial charge in [-0.05, 0) is 35.3 Å². The first kappa shape index (κ1) is 22.7. The van der Waals surface area contributed by atoms with Crippen molar-refractivity contribution in [3.05, 3.63) is 23.8 Å². The molecule has 1 aromatic rings. The molecule has 0 fully saturated rings. The first-order valence-corrected chi connectivity index (χ1v) is 15.7. The fraction of sp³-hybridized carbons (Fsp3) is 0.619. The first-order chi connectivity index (χ1) is 12.5. The van der Waals surface area contributed by atoms with E-state index in [9.17, 15) is 4.79 Å². The van der Waals surface area contributed by atoms with Crippen molar-refractivity contribution in [3.63, 3.8) is 0 Å². The second-order valence-electron chi connectivity index (χ2n) is 10.6. The molecule has 0 radical (unpaired) electrons. The average Bonchev–Trinajstić information content (AvgIpc) is 2.77. The van der Waals surface area contributed by atoms with Crippen LogP contribution in [0.25, 0.3) is 0 Å². The number of fused-ring (bicyclic) bond motifs is 1. The van der Waals surface area contributed by atoms with Gasteiger partial charge in [0, 0.05) is 17.3 Å². The molecule has 156 valence electrons. The number of benzene rings is 1. The zero-order valence-electron chi connectivity index (χ0n) is 19.4. The van der Waals surface area contributed by atoms with Crippen molar-refractivity contribution in [2.24, 2.45) is 5.16 Å². The average molecular weight is 421 g/mol. The van der Waals surface area contributed by atoms with Crippen LogP contribution in [0.5, 0.6) is 5.75 Å². The van der Waals surface area contributed by atoms with Gasteiger partial charge in [-0.3, -0.25) is 4.79 Å². The number of amides is 1. The van der Waals surface area contributed by atoms with E-state index in [0.29, 0.717) is 5.71 Å². The Labute approximate surface area is 172 Å². The van der Waals surface area contributed by atoms with Crippen LogP contribution in [0, 0.1) is 0 Å². The molecule has 0 saturated heterocycles. The minimum Gasteiger partial charge on any atom is -0.543 e. The molecule has 0 N–H and O–H groups in total. The molecule has 1 aliphatic rings. The molecule has 1 heterocycles. The molecule has 0 unspecified atom stereocenters. The van der Waals surface area contributed by atoms with Crippen LogP contribution in [-0.2, 0) is 9.63 Å². The summed E-state index contributed by atoms with van der Waals surface area (Å²) in [7, 11) is -2.68. The van der Waals surface area contributed by atoms with Crippen molar-refractivity contribution < 1.29 is 14.1 Å². The Kier molecular flexibility index (Phi) is 5.69. The molecule has 5 nitrogen and oxygen atoms in total. The van der Waals surface area contributed by atoms with Gasteiger partial charge in [0.25, 0.3) is 5.91 Å². The van der Waals surface area contributed by atoms with Crippen LogP contribution < -0.4 is 8.99 Å². The molecule has 0 atom stereocenters. The SMILES string of the molecule is CO/N=C1\C(=O)N([Si](C)(C)C(C)(C)C)c2cc(O[Si](C)(C)C(C)(C)C)ccc21. The summed E-state index contributed by atoms with van der Waals surface area (Å²) in [6.45, 7) is 22.2. The highest BCUT2D eigenvalue weighted by Gasteiger charge is 2.50. The number of carbonyl (C=O) groups is 1. The van der Waals surface area contributed by atoms with Gasteiger partial charge in [0.05, 0.1) is 0 Å². The Morgan fingerprint density at radius 2 is 1.54 bits per heavy atom. The van der Waals surface area contributed by atoms with E-state index in [-0.39, 0.29) is 16.0 Å². The van der Waals surface area contributed by atoms with E-state index in [1.807, 2.05) is 22.8 Å². The molecule has 0 aromatic heterocycles. The van der Waals surface area contributed by atoms with Crippen LogP contribution >= 0.6 is 0 Å². The maximum absolute atomic E-state index is 13.3. The summed E-state index contributed by atoms with van der Waals surface area (Å²) in [5.41, 5.74) is 2.09. The number of rotatable bonds is 4. The van der Waals surface area contributed by atoms with Crippen LogP contribution in [0.3, 0.4) is 0 Å². The Bertz CT molecular complexity index is 803. The number of oxime groups is 1. The fourth-order valence-corrected chi connectivity index (χ4v) is 5.90. The first-order valence-electron chi connectivity index (χ1n) is 9.84. The van der Waals surface area contributed by atoms with E-state index in [1.54, 1.807) is 0 Å². The molecular formula is C21H36N2O3Si2. The van der Waals surface area contributed by atoms with E-state index in [1.165, 1.54) is 7.11 Å². The molecule has 1 aromatic carbocycles. The van der Waals surface area contributed by atoms with Gasteiger partial charge in [0.1, 0.15) is 12.9 Å². The Morgan fingerprint density at radius 3 is 2.00 bits per heavy atom. The zero-order chi connectivity index (χ0) is 21.7. The molecular weight excluding hydrogens is 384 g/mol. The molecule has 0 saturated carbocycles. The number of hydrogen-bond donors (Lipinski definition) is 0. The molecule has 28 heavy (non-hydrogen) atoms. The van der Waals surface area contributed by atoms with Gasteiger partial charge >= 0.3 is 0 Å². The lowest BCUT2D eigenvalue weighted by molar-refractivity contribution is -0.111. The summed E-state index contributed by atoms with van der Waals surface area (Å²) in [4.78, 5) is 18.3. The van der Waals surface area contributed by atoms with E-state index in [2.05, 4.69) is 72.9 Å². The highest BCUT2D eigenvalue weighted by molar-refractivity contribution is 6.90. The molecule has 0 aliphatic carbocycles. The van der Waals surface area contributed by atoms with Crippen LogP contribution in [0.1, 0.15) is 47.1 Å². The number of hydrogen-bond acceptors (Lipinski definition) is 4. The van der Waals surface area contributed by atoms with Gasteiger partial charge in [-0.25, -0.2) is 0 Å². The summed E-state index contributed by atoms with van der Waals surface area (Å²) in [5.74, 6) is 0.744. The highest BCUT2D eigenvalue weighted by Crippen LogP contribution is 2.46. The van der Waals surface area contributed by atoms with Crippen molar-refractivity contribution in [1.29, 1.82) is 0 Å². The largest absolute Gasteiger partial charge is 0.543 e. The van der Waals surface area contributed by atoms with Crippen LogP contribution in [0.2, 0.25) is 36.3 Å². The minimum absolute atomic E-state index is 0.00125. The lowest BCUT2D eigenvalue weighted by Gasteiger charge is -2.44. The maximum Gasteiger partial charge on any atom is 0.273 e. The van der Waals surface area contributed by atoms with Crippen molar-refractivity contribution >= 4 is 33.9 Å². The second kappa shape index (κ2) is 7.02. The van der Waals surface area contributed by atoms with E-state index < -0.39 is 16.6 Å². The third-order valence-corrected chi connectivity index (χ3v) is 16.2. The van der Waals surface area contributed by atoms with Gasteiger partial charge < -0.3 is 13.8 Å². The monoisotopic (exact) mass is 420 g/mol. The lowest BCUT2D eigenvalue weighted by Crippen LogP contribution is -2.57. The van der Waals surface area contributed by atoms with Gasteiger partial charge in [0.2, 0.25) is 8.32 Å². The summed E-state index contributed by atoms with van der Waals surface area (Å²) < 4.78 is 8.50. The number of anilines is 1. The lowest BCUT2D eigenvalue weighted by atomic mass is 10.1.